The van der Waals surface area contributed by atoms with Crippen LogP contribution in [0.2, 0.25) is 0 Å². The maximum atomic E-state index is 15.0. The Labute approximate surface area is 212 Å². The van der Waals surface area contributed by atoms with Crippen molar-refractivity contribution in [2.24, 2.45) is 5.41 Å². The van der Waals surface area contributed by atoms with Crippen molar-refractivity contribution in [3.8, 4) is 11.5 Å². The van der Waals surface area contributed by atoms with Crippen molar-refractivity contribution in [1.29, 1.82) is 0 Å². The fourth-order valence-electron chi connectivity index (χ4n) is 4.34. The third kappa shape index (κ3) is 5.05. The predicted molar refractivity (Wildman–Crippen MR) is 136 cm³/mol. The van der Waals surface area contributed by atoms with E-state index in [1.807, 2.05) is 25.1 Å². The lowest BCUT2D eigenvalue weighted by Crippen LogP contribution is -2.28. The van der Waals surface area contributed by atoms with Crippen LogP contribution in [0.25, 0.3) is 10.9 Å². The molecule has 8 heteroatoms. The summed E-state index contributed by atoms with van der Waals surface area (Å²) < 4.78 is 34.0. The third-order valence-corrected chi connectivity index (χ3v) is 6.71. The summed E-state index contributed by atoms with van der Waals surface area (Å²) in [5.41, 5.74) is 0.759. The molecule has 0 radical (unpaired) electrons. The van der Waals surface area contributed by atoms with E-state index < -0.39 is 11.2 Å². The number of hydrogen-bond acceptors (Lipinski definition) is 6. The van der Waals surface area contributed by atoms with Crippen molar-refractivity contribution in [2.45, 2.75) is 25.7 Å². The smallest absolute Gasteiger partial charge is 0.166 e. The molecule has 1 aliphatic carbocycles. The Morgan fingerprint density at radius 3 is 2.22 bits per heavy atom. The van der Waals surface area contributed by atoms with Gasteiger partial charge >= 0.3 is 0 Å². The first-order chi connectivity index (χ1) is 17.7. The average Bonchev–Trinajstić information content (AvgIpc) is 3.69. The zero-order valence-corrected chi connectivity index (χ0v) is 20.5. The second-order valence-electron chi connectivity index (χ2n) is 9.54. The molecule has 0 bridgehead atoms. The van der Waals surface area contributed by atoms with Crippen LogP contribution in [0.15, 0.2) is 67.0 Å². The minimum Gasteiger partial charge on any atom is -0.453 e. The van der Waals surface area contributed by atoms with Gasteiger partial charge in [-0.2, -0.15) is 0 Å². The number of halogens is 2. The summed E-state index contributed by atoms with van der Waals surface area (Å²) in [6.45, 7) is 0. The van der Waals surface area contributed by atoms with Gasteiger partial charge in [0.1, 0.15) is 17.4 Å². The van der Waals surface area contributed by atoms with Gasteiger partial charge in [0.15, 0.2) is 23.1 Å². The molecule has 6 nitrogen and oxygen atoms in total. The van der Waals surface area contributed by atoms with Crippen LogP contribution in [-0.2, 0) is 22.4 Å². The summed E-state index contributed by atoms with van der Waals surface area (Å²) in [6.07, 6.45) is 4.19. The van der Waals surface area contributed by atoms with Gasteiger partial charge in [0, 0.05) is 45.4 Å². The van der Waals surface area contributed by atoms with Crippen molar-refractivity contribution in [3.05, 3.63) is 89.8 Å². The number of ether oxygens (including phenoxy) is 1. The monoisotopic (exact) mass is 501 g/mol. The minimum atomic E-state index is -1.03. The fraction of sp³-hybridized carbons (Fsp3) is 0.241. The van der Waals surface area contributed by atoms with Gasteiger partial charge in [0.25, 0.3) is 0 Å². The normalized spacial score (nSPS) is 13.8. The molecule has 5 rings (SSSR count). The van der Waals surface area contributed by atoms with Gasteiger partial charge in [-0.1, -0.05) is 18.2 Å². The first-order valence-electron chi connectivity index (χ1n) is 11.9. The highest BCUT2D eigenvalue weighted by atomic mass is 19.1. The van der Waals surface area contributed by atoms with Crippen LogP contribution < -0.4 is 9.64 Å². The molecular formula is C29H25F2N3O3. The van der Waals surface area contributed by atoms with Crippen LogP contribution in [-0.4, -0.2) is 35.6 Å². The van der Waals surface area contributed by atoms with E-state index in [-0.39, 0.29) is 36.0 Å². The maximum absolute atomic E-state index is 15.0. The quantitative estimate of drug-likeness (QED) is 0.283. The number of hydrogen-bond donors (Lipinski definition) is 0. The molecule has 0 unspecified atom stereocenters. The highest BCUT2D eigenvalue weighted by molar-refractivity contribution is 6.10. The van der Waals surface area contributed by atoms with Crippen LogP contribution in [0.1, 0.15) is 24.0 Å². The second kappa shape index (κ2) is 9.69. The highest BCUT2D eigenvalue weighted by Crippen LogP contribution is 2.49. The molecule has 1 fully saturated rings. The van der Waals surface area contributed by atoms with E-state index in [1.165, 1.54) is 24.3 Å². The molecule has 2 heterocycles. The number of nitrogens with zero attached hydrogens (tertiary/aromatic N) is 3. The Hall–Kier alpha value is -4.20. The van der Waals surface area contributed by atoms with Crippen LogP contribution in [0, 0.1) is 17.0 Å². The zero-order chi connectivity index (χ0) is 26.2. The summed E-state index contributed by atoms with van der Waals surface area (Å²) in [6, 6.07) is 13.5. The number of anilines is 1. The molecule has 2 aromatic heterocycles. The molecule has 2 aromatic carbocycles. The van der Waals surface area contributed by atoms with E-state index in [4.69, 9.17) is 4.74 Å². The number of pyridine rings is 2. The van der Waals surface area contributed by atoms with Gasteiger partial charge in [-0.25, -0.2) is 13.8 Å². The Bertz CT molecular complexity index is 1500. The first-order valence-corrected chi connectivity index (χ1v) is 11.9. The van der Waals surface area contributed by atoms with Gasteiger partial charge in [0.05, 0.1) is 16.3 Å². The molecule has 1 aliphatic rings. The molecule has 4 aromatic rings. The number of Topliss-reactive ketones (excluding diaryl/α,β-unsaturated/α-hetero) is 2. The largest absolute Gasteiger partial charge is 0.453 e. The first kappa shape index (κ1) is 24.5. The van der Waals surface area contributed by atoms with E-state index in [2.05, 4.69) is 9.97 Å². The maximum Gasteiger partial charge on any atom is 0.166 e. The number of carbonyl (C=O) groups excluding carboxylic acids is 2. The van der Waals surface area contributed by atoms with Gasteiger partial charge in [-0.05, 0) is 54.3 Å². The predicted octanol–water partition coefficient (Wildman–Crippen LogP) is 5.47. The molecular weight excluding hydrogens is 476 g/mol. The summed E-state index contributed by atoms with van der Waals surface area (Å²) in [7, 11) is 3.76. The van der Waals surface area contributed by atoms with Gasteiger partial charge in [0.2, 0.25) is 0 Å². The summed E-state index contributed by atoms with van der Waals surface area (Å²) >= 11 is 0. The Morgan fingerprint density at radius 1 is 0.892 bits per heavy atom. The van der Waals surface area contributed by atoms with E-state index in [0.717, 1.165) is 5.82 Å². The molecule has 188 valence electrons. The summed E-state index contributed by atoms with van der Waals surface area (Å²) in [4.78, 5) is 36.5. The average molecular weight is 502 g/mol. The number of benzene rings is 2. The molecule has 1 saturated carbocycles. The molecule has 0 saturated heterocycles. The summed E-state index contributed by atoms with van der Waals surface area (Å²) in [5.74, 6) is -0.244. The van der Waals surface area contributed by atoms with Crippen molar-refractivity contribution in [1.82, 2.24) is 9.97 Å². The lowest BCUT2D eigenvalue weighted by molar-refractivity contribution is -0.133. The van der Waals surface area contributed by atoms with E-state index >= 15 is 0 Å². The number of ketones is 2. The summed E-state index contributed by atoms with van der Waals surface area (Å²) in [5, 5.41) is 0.641. The molecule has 0 spiro atoms. The van der Waals surface area contributed by atoms with Crippen molar-refractivity contribution >= 4 is 28.3 Å². The third-order valence-electron chi connectivity index (χ3n) is 6.71. The van der Waals surface area contributed by atoms with E-state index in [0.29, 0.717) is 40.6 Å². The Balaban J connectivity index is 1.29. The Kier molecular flexibility index (Phi) is 6.41. The van der Waals surface area contributed by atoms with E-state index in [1.54, 1.807) is 36.7 Å². The highest BCUT2D eigenvalue weighted by Gasteiger charge is 2.54. The number of aromatic nitrogens is 2. The van der Waals surface area contributed by atoms with Crippen LogP contribution in [0.5, 0.6) is 11.5 Å². The molecule has 0 aliphatic heterocycles. The van der Waals surface area contributed by atoms with Crippen LogP contribution in [0.3, 0.4) is 0 Å². The van der Waals surface area contributed by atoms with Crippen LogP contribution in [0.4, 0.5) is 14.6 Å². The topological polar surface area (TPSA) is 72.4 Å². The standard InChI is InChI=1S/C29H25F2N3O3/c1-34(2)28-16-23-21(17-33-28)24(9-12-32-23)37-25-8-5-19(13-22(25)31)15-27(36)29(10-11-29)26(35)14-18-3-6-20(30)7-4-18/h3-9,12-13,16-17H,10-11,14-15H2,1-2H3. The number of fused-ring (bicyclic) bond motifs is 1. The SMILES string of the molecule is CN(C)c1cc2nccc(Oc3ccc(CC(=O)C4(C(=O)Cc5ccc(F)cc5)CC4)cc3F)c2cn1. The number of rotatable bonds is 9. The minimum absolute atomic E-state index is 0.00825. The van der Waals surface area contributed by atoms with Crippen molar-refractivity contribution in [2.75, 3.05) is 19.0 Å². The second-order valence-corrected chi connectivity index (χ2v) is 9.54. The fourth-order valence-corrected chi connectivity index (χ4v) is 4.34. The molecule has 0 atom stereocenters. The van der Waals surface area contributed by atoms with Crippen molar-refractivity contribution < 1.29 is 23.1 Å². The molecule has 0 amide bonds. The lowest BCUT2D eigenvalue weighted by Gasteiger charge is -2.15. The van der Waals surface area contributed by atoms with Crippen molar-refractivity contribution in [3.63, 3.8) is 0 Å². The van der Waals surface area contributed by atoms with Gasteiger partial charge < -0.3 is 9.64 Å². The molecule has 0 N–H and O–H groups in total. The van der Waals surface area contributed by atoms with E-state index in [9.17, 15) is 18.4 Å². The Morgan fingerprint density at radius 2 is 1.57 bits per heavy atom. The van der Waals surface area contributed by atoms with Crippen LogP contribution >= 0.6 is 0 Å². The number of carbonyl (C=O) groups is 2. The molecule has 37 heavy (non-hydrogen) atoms. The van der Waals surface area contributed by atoms with Gasteiger partial charge in [-0.15, -0.1) is 0 Å². The lowest BCUT2D eigenvalue weighted by atomic mass is 9.88. The van der Waals surface area contributed by atoms with Gasteiger partial charge in [-0.3, -0.25) is 14.6 Å². The zero-order valence-electron chi connectivity index (χ0n) is 20.5.